The maximum absolute atomic E-state index is 11.9. The first-order chi connectivity index (χ1) is 7.68. The molecule has 1 aromatic rings. The normalized spacial score (nSPS) is 12.6. The fraction of sp³-hybridized carbons (Fsp3) is 0.500. The molecule has 0 aromatic carbocycles. The summed E-state index contributed by atoms with van der Waals surface area (Å²) >= 11 is 0.749. The number of thiophene rings is 1. The van der Waals surface area contributed by atoms with E-state index in [-0.39, 0.29) is 9.09 Å². The van der Waals surface area contributed by atoms with Gasteiger partial charge < -0.3 is 5.11 Å². The van der Waals surface area contributed by atoms with Crippen molar-refractivity contribution in [3.63, 3.8) is 0 Å². The van der Waals surface area contributed by atoms with Crippen molar-refractivity contribution in [3.05, 3.63) is 17.0 Å². The Morgan fingerprint density at radius 1 is 1.47 bits per heavy atom. The lowest BCUT2D eigenvalue weighted by Crippen LogP contribution is -2.42. The van der Waals surface area contributed by atoms with Crippen LogP contribution in [0.4, 0.5) is 0 Å². The molecule has 1 aromatic heterocycles. The molecule has 1 rings (SSSR count). The van der Waals surface area contributed by atoms with Crippen molar-refractivity contribution >= 4 is 27.3 Å². The van der Waals surface area contributed by atoms with Crippen molar-refractivity contribution in [1.29, 1.82) is 0 Å². The molecular weight excluding hydrogens is 262 g/mol. The fourth-order valence-electron chi connectivity index (χ4n) is 1.07. The zero-order chi connectivity index (χ0) is 13.3. The van der Waals surface area contributed by atoms with Crippen molar-refractivity contribution in [2.45, 2.75) is 36.9 Å². The second-order valence-electron chi connectivity index (χ2n) is 4.27. The summed E-state index contributed by atoms with van der Waals surface area (Å²) < 4.78 is 26.5. The van der Waals surface area contributed by atoms with Gasteiger partial charge in [-0.3, -0.25) is 0 Å². The molecule has 0 radical (unpaired) electrons. The van der Waals surface area contributed by atoms with Gasteiger partial charge in [0.2, 0.25) is 0 Å². The van der Waals surface area contributed by atoms with Crippen LogP contribution in [-0.4, -0.2) is 25.0 Å². The third-order valence-corrected chi connectivity index (χ3v) is 5.61. The lowest BCUT2D eigenvalue weighted by molar-refractivity contribution is 0.0702. The Kier molecular flexibility index (Phi) is 3.95. The number of sulfonamides is 1. The lowest BCUT2D eigenvalue weighted by atomic mass is 10.0. The van der Waals surface area contributed by atoms with Gasteiger partial charge >= 0.3 is 5.97 Å². The summed E-state index contributed by atoms with van der Waals surface area (Å²) in [5.74, 6) is -1.12. The van der Waals surface area contributed by atoms with Gasteiger partial charge in [-0.25, -0.2) is 17.9 Å². The van der Waals surface area contributed by atoms with Gasteiger partial charge in [0, 0.05) is 5.54 Å². The minimum atomic E-state index is -3.64. The van der Waals surface area contributed by atoms with Crippen molar-refractivity contribution < 1.29 is 18.3 Å². The number of nitrogens with one attached hydrogen (secondary N) is 1. The first-order valence-corrected chi connectivity index (χ1v) is 7.35. The Bertz CT molecular complexity index is 516. The van der Waals surface area contributed by atoms with Gasteiger partial charge in [-0.05, 0) is 32.4 Å². The maximum Gasteiger partial charge on any atom is 0.345 e. The minimum absolute atomic E-state index is 0.0136. The second-order valence-corrected chi connectivity index (χ2v) is 7.26. The molecule has 0 atom stereocenters. The average molecular weight is 277 g/mol. The molecule has 5 nitrogen and oxygen atoms in total. The van der Waals surface area contributed by atoms with Gasteiger partial charge in [0.25, 0.3) is 10.0 Å². The number of hydrogen-bond acceptors (Lipinski definition) is 4. The monoisotopic (exact) mass is 277 g/mol. The van der Waals surface area contributed by atoms with Gasteiger partial charge in [0.1, 0.15) is 9.09 Å². The molecule has 2 N–H and O–H groups in total. The summed E-state index contributed by atoms with van der Waals surface area (Å²) in [7, 11) is -3.64. The first kappa shape index (κ1) is 14.1. The number of rotatable bonds is 5. The second kappa shape index (κ2) is 4.75. The van der Waals surface area contributed by atoms with Crippen LogP contribution >= 0.6 is 11.3 Å². The highest BCUT2D eigenvalue weighted by Crippen LogP contribution is 2.23. The summed E-state index contributed by atoms with van der Waals surface area (Å²) in [5, 5.41) is 8.74. The summed E-state index contributed by atoms with van der Waals surface area (Å²) in [5.41, 5.74) is -0.549. The van der Waals surface area contributed by atoms with Gasteiger partial charge in [-0.15, -0.1) is 11.3 Å². The fourth-order valence-corrected chi connectivity index (χ4v) is 3.69. The van der Waals surface area contributed by atoms with Crippen LogP contribution in [0, 0.1) is 0 Å². The van der Waals surface area contributed by atoms with Crippen LogP contribution in [0.5, 0.6) is 0 Å². The Balaban J connectivity index is 3.02. The molecule has 96 valence electrons. The zero-order valence-corrected chi connectivity index (χ0v) is 11.5. The highest BCUT2D eigenvalue weighted by Gasteiger charge is 2.26. The predicted molar refractivity (Wildman–Crippen MR) is 66.0 cm³/mol. The Hall–Kier alpha value is -0.920. The summed E-state index contributed by atoms with van der Waals surface area (Å²) in [6, 6.07) is 2.60. The van der Waals surface area contributed by atoms with Crippen molar-refractivity contribution in [2.24, 2.45) is 0 Å². The number of hydrogen-bond donors (Lipinski definition) is 2. The third kappa shape index (κ3) is 3.52. The van der Waals surface area contributed by atoms with E-state index in [2.05, 4.69) is 4.72 Å². The minimum Gasteiger partial charge on any atom is -0.477 e. The molecule has 0 fully saturated rings. The van der Waals surface area contributed by atoms with Gasteiger partial charge in [-0.2, -0.15) is 0 Å². The summed E-state index contributed by atoms with van der Waals surface area (Å²) in [6.07, 6.45) is 0.642. The van der Waals surface area contributed by atoms with Crippen LogP contribution < -0.4 is 4.72 Å². The summed E-state index contributed by atoms with van der Waals surface area (Å²) in [6.45, 7) is 5.42. The van der Waals surface area contributed by atoms with E-state index in [4.69, 9.17) is 5.11 Å². The molecular formula is C10H15NO4S2. The van der Waals surface area contributed by atoms with Crippen molar-refractivity contribution in [2.75, 3.05) is 0 Å². The van der Waals surface area contributed by atoms with Crippen LogP contribution in [0.15, 0.2) is 16.3 Å². The van der Waals surface area contributed by atoms with Crippen LogP contribution in [0.3, 0.4) is 0 Å². The Labute approximate surface area is 105 Å². The number of carbonyl (C=O) groups is 1. The van der Waals surface area contributed by atoms with E-state index in [1.807, 2.05) is 6.92 Å². The molecule has 0 spiro atoms. The molecule has 0 unspecified atom stereocenters. The molecule has 17 heavy (non-hydrogen) atoms. The van der Waals surface area contributed by atoms with Gasteiger partial charge in [0.05, 0.1) is 0 Å². The molecule has 0 aliphatic heterocycles. The van der Waals surface area contributed by atoms with Crippen molar-refractivity contribution in [3.8, 4) is 0 Å². The van der Waals surface area contributed by atoms with E-state index in [0.717, 1.165) is 11.3 Å². The van der Waals surface area contributed by atoms with E-state index in [9.17, 15) is 13.2 Å². The molecule has 7 heteroatoms. The quantitative estimate of drug-likeness (QED) is 0.861. The van der Waals surface area contributed by atoms with E-state index in [1.165, 1.54) is 12.1 Å². The molecule has 0 aliphatic carbocycles. The predicted octanol–water partition coefficient (Wildman–Crippen LogP) is 1.91. The molecule has 0 saturated heterocycles. The zero-order valence-electron chi connectivity index (χ0n) is 9.85. The molecule has 0 saturated carbocycles. The van der Waals surface area contributed by atoms with Crippen LogP contribution in [0.1, 0.15) is 36.9 Å². The molecule has 0 aliphatic rings. The first-order valence-electron chi connectivity index (χ1n) is 5.05. The summed E-state index contributed by atoms with van der Waals surface area (Å²) in [4.78, 5) is 10.7. The molecule has 0 bridgehead atoms. The van der Waals surface area contributed by atoms with Crippen LogP contribution in [0.2, 0.25) is 0 Å². The van der Waals surface area contributed by atoms with Crippen molar-refractivity contribution in [1.82, 2.24) is 4.72 Å². The standard InChI is InChI=1S/C10H15NO4S2/c1-4-10(2,3)11-17(14,15)8-6-5-7(16-8)9(12)13/h5-6,11H,4H2,1-3H3,(H,12,13). The molecule has 0 amide bonds. The Morgan fingerprint density at radius 2 is 2.06 bits per heavy atom. The largest absolute Gasteiger partial charge is 0.477 e. The average Bonchev–Trinajstić information content (AvgIpc) is 2.65. The van der Waals surface area contributed by atoms with E-state index in [1.54, 1.807) is 13.8 Å². The number of carboxylic acid groups (broad SMARTS) is 1. The number of aromatic carboxylic acids is 1. The lowest BCUT2D eigenvalue weighted by Gasteiger charge is -2.23. The Morgan fingerprint density at radius 3 is 2.47 bits per heavy atom. The van der Waals surface area contributed by atoms with Gasteiger partial charge in [-0.1, -0.05) is 6.92 Å². The SMILES string of the molecule is CCC(C)(C)NS(=O)(=O)c1ccc(C(=O)O)s1. The van der Waals surface area contributed by atoms with Crippen LogP contribution in [-0.2, 0) is 10.0 Å². The highest BCUT2D eigenvalue weighted by atomic mass is 32.2. The van der Waals surface area contributed by atoms with Crippen LogP contribution in [0.25, 0.3) is 0 Å². The van der Waals surface area contributed by atoms with E-state index < -0.39 is 21.5 Å². The highest BCUT2D eigenvalue weighted by molar-refractivity contribution is 7.91. The van der Waals surface area contributed by atoms with Gasteiger partial charge in [0.15, 0.2) is 0 Å². The third-order valence-electron chi connectivity index (χ3n) is 2.35. The van der Waals surface area contributed by atoms with E-state index in [0.29, 0.717) is 6.42 Å². The smallest absolute Gasteiger partial charge is 0.345 e. The molecule has 1 heterocycles. The van der Waals surface area contributed by atoms with E-state index >= 15 is 0 Å². The topological polar surface area (TPSA) is 83.5 Å². The number of carboxylic acids is 1. The maximum atomic E-state index is 11.9.